The first-order valence-corrected chi connectivity index (χ1v) is 12.5. The summed E-state index contributed by atoms with van der Waals surface area (Å²) in [6, 6.07) is 2.55. The van der Waals surface area contributed by atoms with E-state index >= 15 is 0 Å². The fraction of sp³-hybridized carbons (Fsp3) is 0.600. The van der Waals surface area contributed by atoms with E-state index < -0.39 is 0 Å². The highest BCUT2D eigenvalue weighted by molar-refractivity contribution is 5.61. The van der Waals surface area contributed by atoms with Crippen LogP contribution in [0.25, 0.3) is 5.65 Å². The monoisotopic (exact) mass is 465 g/mol. The van der Waals surface area contributed by atoms with Gasteiger partial charge in [0.05, 0.1) is 11.9 Å². The van der Waals surface area contributed by atoms with Gasteiger partial charge in [-0.15, -0.1) is 5.10 Å². The highest BCUT2D eigenvalue weighted by Gasteiger charge is 2.22. The maximum atomic E-state index is 6.19. The van der Waals surface area contributed by atoms with Crippen LogP contribution >= 0.6 is 0 Å². The Morgan fingerprint density at radius 1 is 1.15 bits per heavy atom. The van der Waals surface area contributed by atoms with Gasteiger partial charge in [0.1, 0.15) is 5.82 Å². The van der Waals surface area contributed by atoms with Crippen molar-refractivity contribution in [2.24, 2.45) is 5.92 Å². The van der Waals surface area contributed by atoms with Gasteiger partial charge in [0, 0.05) is 38.3 Å². The molecule has 9 heteroatoms. The van der Waals surface area contributed by atoms with Crippen molar-refractivity contribution in [1.82, 2.24) is 29.5 Å². The molecule has 1 aliphatic heterocycles. The number of aromatic nitrogens is 5. The number of rotatable bonds is 9. The number of nitrogen functional groups attached to an aromatic ring is 1. The van der Waals surface area contributed by atoms with Crippen LogP contribution in [0.5, 0.6) is 0 Å². The fourth-order valence-electron chi connectivity index (χ4n) is 4.91. The molecule has 4 rings (SSSR count). The smallest absolute Gasteiger partial charge is 0.243 e. The van der Waals surface area contributed by atoms with Gasteiger partial charge in [0.25, 0.3) is 0 Å². The first-order valence-electron chi connectivity index (χ1n) is 12.5. The van der Waals surface area contributed by atoms with Crippen LogP contribution in [-0.4, -0.2) is 69.2 Å². The maximum Gasteiger partial charge on any atom is 0.243 e. The summed E-state index contributed by atoms with van der Waals surface area (Å²) in [4.78, 5) is 18.5. The quantitative estimate of drug-likeness (QED) is 0.496. The van der Waals surface area contributed by atoms with Crippen molar-refractivity contribution < 1.29 is 0 Å². The third-order valence-corrected chi connectivity index (χ3v) is 6.81. The molecule has 0 unspecified atom stereocenters. The third kappa shape index (κ3) is 5.41. The van der Waals surface area contributed by atoms with E-state index in [4.69, 9.17) is 10.7 Å². The molecule has 9 nitrogen and oxygen atoms in total. The molecule has 0 bridgehead atoms. The Bertz CT molecular complexity index is 1100. The molecule has 0 atom stereocenters. The Morgan fingerprint density at radius 2 is 1.88 bits per heavy atom. The number of fused-ring (bicyclic) bond motifs is 1. The number of pyridine rings is 1. The molecule has 1 aliphatic rings. The molecule has 3 aromatic rings. The van der Waals surface area contributed by atoms with Gasteiger partial charge in [-0.05, 0) is 63.7 Å². The number of aryl methyl sites for hydroxylation is 1. The van der Waals surface area contributed by atoms with Gasteiger partial charge in [-0.1, -0.05) is 19.9 Å². The molecule has 0 radical (unpaired) electrons. The SMILES string of the molecule is CCC(CC)Nc1nc(N)c2ncc(Cc3cnc(N4CCC(CN(C)C)CC4)c(C)c3)n2n1. The second kappa shape index (κ2) is 10.5. The van der Waals surface area contributed by atoms with E-state index in [0.29, 0.717) is 29.9 Å². The van der Waals surface area contributed by atoms with Crippen molar-refractivity contribution >= 4 is 23.2 Å². The van der Waals surface area contributed by atoms with E-state index in [-0.39, 0.29) is 0 Å². The van der Waals surface area contributed by atoms with Gasteiger partial charge >= 0.3 is 0 Å². The summed E-state index contributed by atoms with van der Waals surface area (Å²) in [7, 11) is 4.32. The molecule has 3 N–H and O–H groups in total. The van der Waals surface area contributed by atoms with Gasteiger partial charge < -0.3 is 20.9 Å². The number of piperidine rings is 1. The van der Waals surface area contributed by atoms with Crippen molar-refractivity contribution in [3.8, 4) is 0 Å². The van der Waals surface area contributed by atoms with Crippen molar-refractivity contribution in [3.05, 3.63) is 35.3 Å². The van der Waals surface area contributed by atoms with Crippen LogP contribution in [0, 0.1) is 12.8 Å². The number of hydrogen-bond donors (Lipinski definition) is 2. The lowest BCUT2D eigenvalue weighted by molar-refractivity contribution is 0.284. The van der Waals surface area contributed by atoms with Gasteiger partial charge in [0.15, 0.2) is 11.5 Å². The topological polar surface area (TPSA) is 100 Å². The van der Waals surface area contributed by atoms with Crippen molar-refractivity contribution in [2.75, 3.05) is 49.7 Å². The van der Waals surface area contributed by atoms with E-state index in [9.17, 15) is 0 Å². The number of hydrogen-bond acceptors (Lipinski definition) is 8. The summed E-state index contributed by atoms with van der Waals surface area (Å²) in [6.07, 6.45) is 8.94. The Labute approximate surface area is 202 Å². The van der Waals surface area contributed by atoms with Crippen LogP contribution in [0.4, 0.5) is 17.6 Å². The molecule has 0 amide bonds. The van der Waals surface area contributed by atoms with Crippen LogP contribution in [-0.2, 0) is 6.42 Å². The molecule has 34 heavy (non-hydrogen) atoms. The van der Waals surface area contributed by atoms with E-state index in [1.807, 2.05) is 16.9 Å². The standard InChI is InChI=1S/C25H39N9/c1-6-20(7-2)29-25-30-22(26)24-28-15-21(34(24)31-25)13-19-12-17(3)23(27-14-19)33-10-8-18(9-11-33)16-32(4)5/h12,14-15,18,20H,6-11,13,16H2,1-5H3,(H3,26,29,30,31). The first-order chi connectivity index (χ1) is 16.4. The normalized spacial score (nSPS) is 15.1. The van der Waals surface area contributed by atoms with Crippen LogP contribution in [0.1, 0.15) is 56.4 Å². The van der Waals surface area contributed by atoms with Gasteiger partial charge in [0.2, 0.25) is 5.95 Å². The van der Waals surface area contributed by atoms with Crippen LogP contribution in [0.2, 0.25) is 0 Å². The Kier molecular flexibility index (Phi) is 7.50. The van der Waals surface area contributed by atoms with E-state index in [1.165, 1.54) is 24.9 Å². The zero-order valence-electron chi connectivity index (χ0n) is 21.3. The number of nitrogens with zero attached hydrogens (tertiary/aromatic N) is 7. The zero-order chi connectivity index (χ0) is 24.2. The summed E-state index contributed by atoms with van der Waals surface area (Å²) in [5, 5.41) is 8.08. The largest absolute Gasteiger partial charge is 0.380 e. The minimum atomic E-state index is 0.316. The minimum Gasteiger partial charge on any atom is -0.380 e. The lowest BCUT2D eigenvalue weighted by Gasteiger charge is -2.34. The number of nitrogens with one attached hydrogen (secondary N) is 1. The molecule has 184 valence electrons. The predicted molar refractivity (Wildman–Crippen MR) is 138 cm³/mol. The molecule has 0 aliphatic carbocycles. The number of anilines is 3. The summed E-state index contributed by atoms with van der Waals surface area (Å²) in [6.45, 7) is 9.77. The minimum absolute atomic E-state index is 0.316. The lowest BCUT2D eigenvalue weighted by atomic mass is 9.96. The highest BCUT2D eigenvalue weighted by atomic mass is 15.3. The molecule has 3 aromatic heterocycles. The Morgan fingerprint density at radius 3 is 2.53 bits per heavy atom. The van der Waals surface area contributed by atoms with E-state index in [0.717, 1.165) is 48.9 Å². The van der Waals surface area contributed by atoms with E-state index in [1.54, 1.807) is 0 Å². The Balaban J connectivity index is 1.49. The Hall–Kier alpha value is -2.94. The maximum absolute atomic E-state index is 6.19. The van der Waals surface area contributed by atoms with Crippen molar-refractivity contribution in [2.45, 2.75) is 58.9 Å². The summed E-state index contributed by atoms with van der Waals surface area (Å²) < 4.78 is 1.81. The first kappa shape index (κ1) is 24.2. The second-order valence-electron chi connectivity index (χ2n) is 9.82. The molecule has 1 saturated heterocycles. The summed E-state index contributed by atoms with van der Waals surface area (Å²) >= 11 is 0. The van der Waals surface area contributed by atoms with E-state index in [2.05, 4.69) is 71.1 Å². The predicted octanol–water partition coefficient (Wildman–Crippen LogP) is 3.38. The van der Waals surface area contributed by atoms with Gasteiger partial charge in [-0.25, -0.2) is 14.5 Å². The average molecular weight is 466 g/mol. The average Bonchev–Trinajstić information content (AvgIpc) is 3.21. The van der Waals surface area contributed by atoms with Gasteiger partial charge in [-0.3, -0.25) is 0 Å². The van der Waals surface area contributed by atoms with Crippen LogP contribution in [0.15, 0.2) is 18.5 Å². The summed E-state index contributed by atoms with van der Waals surface area (Å²) in [5.41, 5.74) is 10.1. The van der Waals surface area contributed by atoms with Gasteiger partial charge in [-0.2, -0.15) is 4.98 Å². The number of nitrogens with two attached hydrogens (primary N) is 1. The molecule has 4 heterocycles. The molecular formula is C25H39N9. The third-order valence-electron chi connectivity index (χ3n) is 6.81. The number of imidazole rings is 1. The highest BCUT2D eigenvalue weighted by Crippen LogP contribution is 2.26. The molecule has 0 aromatic carbocycles. The van der Waals surface area contributed by atoms with Crippen molar-refractivity contribution in [1.29, 1.82) is 0 Å². The molecule has 0 spiro atoms. The zero-order valence-corrected chi connectivity index (χ0v) is 21.3. The summed E-state index contributed by atoms with van der Waals surface area (Å²) in [5.74, 6) is 2.81. The second-order valence-corrected chi connectivity index (χ2v) is 9.82. The lowest BCUT2D eigenvalue weighted by Crippen LogP contribution is -2.37. The van der Waals surface area contributed by atoms with Crippen molar-refractivity contribution in [3.63, 3.8) is 0 Å². The molecule has 0 saturated carbocycles. The fourth-order valence-corrected chi connectivity index (χ4v) is 4.91. The molecular weight excluding hydrogens is 426 g/mol. The molecule has 1 fully saturated rings. The van der Waals surface area contributed by atoms with Crippen LogP contribution < -0.4 is 16.0 Å². The van der Waals surface area contributed by atoms with Crippen LogP contribution in [0.3, 0.4) is 0 Å².